The fourth-order valence-corrected chi connectivity index (χ4v) is 2.47. The van der Waals surface area contributed by atoms with Crippen LogP contribution in [0.15, 0.2) is 42.5 Å². The van der Waals surface area contributed by atoms with Crippen molar-refractivity contribution in [2.45, 2.75) is 33.2 Å². The van der Waals surface area contributed by atoms with Gasteiger partial charge in [0.1, 0.15) is 5.82 Å². The van der Waals surface area contributed by atoms with E-state index < -0.39 is 0 Å². The van der Waals surface area contributed by atoms with Crippen LogP contribution in [0.25, 0.3) is 0 Å². The van der Waals surface area contributed by atoms with Crippen LogP contribution in [0.2, 0.25) is 0 Å². The maximum absolute atomic E-state index is 13.5. The highest BCUT2D eigenvalue weighted by Gasteiger charge is 2.16. The van der Waals surface area contributed by atoms with Crippen molar-refractivity contribution in [1.29, 1.82) is 0 Å². The Hall–Kier alpha value is -1.67. The van der Waals surface area contributed by atoms with E-state index in [0.717, 1.165) is 18.5 Å². The second kappa shape index (κ2) is 6.67. The average molecular weight is 271 g/mol. The molecule has 2 aromatic rings. The standard InChI is InChI=1S/C18H22FN/c1-4-11-20-18(15-8-6-9-16(19)12-15)17-10-5-7-13(2)14(17)3/h5-10,12,18,20H,4,11H2,1-3H3. The Morgan fingerprint density at radius 1 is 1.10 bits per heavy atom. The molecule has 2 aromatic carbocycles. The van der Waals surface area contributed by atoms with E-state index in [1.165, 1.54) is 22.8 Å². The maximum atomic E-state index is 13.5. The van der Waals surface area contributed by atoms with Gasteiger partial charge >= 0.3 is 0 Å². The van der Waals surface area contributed by atoms with Crippen LogP contribution in [0, 0.1) is 19.7 Å². The highest BCUT2D eigenvalue weighted by molar-refractivity contribution is 5.40. The monoisotopic (exact) mass is 271 g/mol. The Bertz CT molecular complexity index is 577. The third-order valence-corrected chi connectivity index (χ3v) is 3.74. The van der Waals surface area contributed by atoms with Gasteiger partial charge in [-0.1, -0.05) is 37.3 Å². The first kappa shape index (κ1) is 14.7. The smallest absolute Gasteiger partial charge is 0.123 e. The first-order valence-electron chi connectivity index (χ1n) is 7.18. The van der Waals surface area contributed by atoms with Crippen molar-refractivity contribution < 1.29 is 4.39 Å². The molecule has 0 radical (unpaired) electrons. The molecular weight excluding hydrogens is 249 g/mol. The molecule has 0 aliphatic carbocycles. The van der Waals surface area contributed by atoms with Gasteiger partial charge in [-0.05, 0) is 61.2 Å². The lowest BCUT2D eigenvalue weighted by Crippen LogP contribution is -2.24. The van der Waals surface area contributed by atoms with Gasteiger partial charge in [0.2, 0.25) is 0 Å². The van der Waals surface area contributed by atoms with E-state index in [9.17, 15) is 4.39 Å². The lowest BCUT2D eigenvalue weighted by molar-refractivity contribution is 0.583. The van der Waals surface area contributed by atoms with Gasteiger partial charge in [0.05, 0.1) is 6.04 Å². The summed E-state index contributed by atoms with van der Waals surface area (Å²) in [5.41, 5.74) is 4.74. The van der Waals surface area contributed by atoms with E-state index in [-0.39, 0.29) is 11.9 Å². The van der Waals surface area contributed by atoms with E-state index in [4.69, 9.17) is 0 Å². The number of halogens is 1. The molecule has 0 aliphatic rings. The summed E-state index contributed by atoms with van der Waals surface area (Å²) in [7, 11) is 0. The summed E-state index contributed by atoms with van der Waals surface area (Å²) < 4.78 is 13.5. The Labute approximate surface area is 120 Å². The maximum Gasteiger partial charge on any atom is 0.123 e. The quantitative estimate of drug-likeness (QED) is 0.842. The molecular formula is C18H22FN. The predicted molar refractivity (Wildman–Crippen MR) is 82.5 cm³/mol. The van der Waals surface area contributed by atoms with Gasteiger partial charge in [-0.25, -0.2) is 4.39 Å². The Morgan fingerprint density at radius 3 is 2.55 bits per heavy atom. The zero-order valence-corrected chi connectivity index (χ0v) is 12.4. The lowest BCUT2D eigenvalue weighted by Gasteiger charge is -2.22. The van der Waals surface area contributed by atoms with Crippen molar-refractivity contribution in [1.82, 2.24) is 5.32 Å². The number of hydrogen-bond acceptors (Lipinski definition) is 1. The molecule has 0 aromatic heterocycles. The van der Waals surface area contributed by atoms with Crippen molar-refractivity contribution in [2.24, 2.45) is 0 Å². The SMILES string of the molecule is CCCNC(c1cccc(F)c1)c1cccc(C)c1C. The number of rotatable bonds is 5. The number of nitrogens with one attached hydrogen (secondary N) is 1. The molecule has 0 spiro atoms. The van der Waals surface area contributed by atoms with Crippen molar-refractivity contribution in [3.63, 3.8) is 0 Å². The van der Waals surface area contributed by atoms with Crippen LogP contribution in [-0.2, 0) is 0 Å². The number of hydrogen-bond donors (Lipinski definition) is 1. The first-order valence-corrected chi connectivity index (χ1v) is 7.18. The van der Waals surface area contributed by atoms with E-state index in [1.807, 2.05) is 6.07 Å². The van der Waals surface area contributed by atoms with Crippen LogP contribution in [0.5, 0.6) is 0 Å². The van der Waals surface area contributed by atoms with Gasteiger partial charge in [0.25, 0.3) is 0 Å². The molecule has 1 unspecified atom stereocenters. The van der Waals surface area contributed by atoms with Gasteiger partial charge in [0.15, 0.2) is 0 Å². The molecule has 2 heteroatoms. The van der Waals surface area contributed by atoms with Gasteiger partial charge in [-0.3, -0.25) is 0 Å². The minimum atomic E-state index is -0.184. The zero-order valence-electron chi connectivity index (χ0n) is 12.4. The zero-order chi connectivity index (χ0) is 14.5. The van der Waals surface area contributed by atoms with Crippen molar-refractivity contribution in [3.8, 4) is 0 Å². The second-order valence-electron chi connectivity index (χ2n) is 5.23. The number of aryl methyl sites for hydroxylation is 1. The largest absolute Gasteiger partial charge is 0.306 e. The predicted octanol–water partition coefficient (Wildman–Crippen LogP) is 4.53. The Morgan fingerprint density at radius 2 is 1.85 bits per heavy atom. The molecule has 1 N–H and O–H groups in total. The van der Waals surface area contributed by atoms with E-state index in [1.54, 1.807) is 12.1 Å². The minimum absolute atomic E-state index is 0.0468. The third kappa shape index (κ3) is 3.26. The molecule has 0 fully saturated rings. The average Bonchev–Trinajstić information content (AvgIpc) is 2.44. The molecule has 106 valence electrons. The summed E-state index contributed by atoms with van der Waals surface area (Å²) in [6.07, 6.45) is 1.05. The summed E-state index contributed by atoms with van der Waals surface area (Å²) in [4.78, 5) is 0. The van der Waals surface area contributed by atoms with Crippen LogP contribution in [0.4, 0.5) is 4.39 Å². The normalized spacial score (nSPS) is 12.4. The lowest BCUT2D eigenvalue weighted by atomic mass is 9.92. The van der Waals surface area contributed by atoms with Gasteiger partial charge in [-0.15, -0.1) is 0 Å². The molecule has 0 saturated carbocycles. The second-order valence-corrected chi connectivity index (χ2v) is 5.23. The third-order valence-electron chi connectivity index (χ3n) is 3.74. The van der Waals surface area contributed by atoms with E-state index in [2.05, 4.69) is 44.3 Å². The first-order chi connectivity index (χ1) is 9.63. The molecule has 0 amide bonds. The van der Waals surface area contributed by atoms with Crippen LogP contribution in [-0.4, -0.2) is 6.54 Å². The van der Waals surface area contributed by atoms with Gasteiger partial charge in [-0.2, -0.15) is 0 Å². The van der Waals surface area contributed by atoms with E-state index >= 15 is 0 Å². The van der Waals surface area contributed by atoms with E-state index in [0.29, 0.717) is 0 Å². The molecule has 2 rings (SSSR count). The molecule has 0 saturated heterocycles. The highest BCUT2D eigenvalue weighted by Crippen LogP contribution is 2.27. The summed E-state index contributed by atoms with van der Waals surface area (Å²) in [6, 6.07) is 13.2. The topological polar surface area (TPSA) is 12.0 Å². The summed E-state index contributed by atoms with van der Waals surface area (Å²) in [5.74, 6) is -0.184. The van der Waals surface area contributed by atoms with Crippen molar-refractivity contribution >= 4 is 0 Å². The van der Waals surface area contributed by atoms with Gasteiger partial charge in [0, 0.05) is 0 Å². The van der Waals surface area contributed by atoms with Crippen LogP contribution in [0.1, 0.15) is 41.6 Å². The number of benzene rings is 2. The fraction of sp³-hybridized carbons (Fsp3) is 0.333. The van der Waals surface area contributed by atoms with Crippen molar-refractivity contribution in [2.75, 3.05) is 6.54 Å². The van der Waals surface area contributed by atoms with Gasteiger partial charge < -0.3 is 5.32 Å². The Kier molecular flexibility index (Phi) is 4.91. The summed E-state index contributed by atoms with van der Waals surface area (Å²) >= 11 is 0. The molecule has 0 aliphatic heterocycles. The Balaban J connectivity index is 2.44. The summed E-state index contributed by atoms with van der Waals surface area (Å²) in [6.45, 7) is 7.29. The highest BCUT2D eigenvalue weighted by atomic mass is 19.1. The van der Waals surface area contributed by atoms with Crippen LogP contribution >= 0.6 is 0 Å². The molecule has 0 heterocycles. The van der Waals surface area contributed by atoms with Crippen LogP contribution < -0.4 is 5.32 Å². The summed E-state index contributed by atoms with van der Waals surface area (Å²) in [5, 5.41) is 3.53. The van der Waals surface area contributed by atoms with Crippen LogP contribution in [0.3, 0.4) is 0 Å². The molecule has 1 nitrogen and oxygen atoms in total. The molecule has 20 heavy (non-hydrogen) atoms. The minimum Gasteiger partial charge on any atom is -0.306 e. The van der Waals surface area contributed by atoms with Crippen molar-refractivity contribution in [3.05, 3.63) is 70.5 Å². The molecule has 1 atom stereocenters. The fourth-order valence-electron chi connectivity index (χ4n) is 2.47. The molecule has 0 bridgehead atoms.